The number of nitrogens with zero attached hydrogens (tertiary/aromatic N) is 2. The van der Waals surface area contributed by atoms with Gasteiger partial charge < -0.3 is 15.0 Å². The molecule has 0 bridgehead atoms. The first kappa shape index (κ1) is 14.1. The van der Waals surface area contributed by atoms with Gasteiger partial charge in [-0.25, -0.2) is 0 Å². The van der Waals surface area contributed by atoms with Gasteiger partial charge in [0.15, 0.2) is 5.75 Å². The Balaban J connectivity index is 2.07. The Hall–Kier alpha value is -1.82. The Morgan fingerprint density at radius 1 is 1.43 bits per heavy atom. The predicted octanol–water partition coefficient (Wildman–Crippen LogP) is 2.04. The van der Waals surface area contributed by atoms with Crippen LogP contribution < -0.4 is 15.0 Å². The minimum Gasteiger partial charge on any atom is -0.490 e. The number of nitro benzene ring substituents is 1. The number of methoxy groups -OCH3 is 1. The molecule has 6 nitrogen and oxygen atoms in total. The number of ether oxygens (including phenoxy) is 1. The van der Waals surface area contributed by atoms with E-state index in [2.05, 4.69) is 24.1 Å². The van der Waals surface area contributed by atoms with Gasteiger partial charge in [-0.15, -0.1) is 0 Å². The van der Waals surface area contributed by atoms with Gasteiger partial charge in [-0.1, -0.05) is 6.07 Å². The molecule has 0 radical (unpaired) electrons. The molecule has 2 fully saturated rings. The number of rotatable bonds is 3. The summed E-state index contributed by atoms with van der Waals surface area (Å²) in [5.41, 5.74) is 0.630. The molecular formula is C15H21N3O3. The van der Waals surface area contributed by atoms with Crippen LogP contribution in [0.5, 0.6) is 5.75 Å². The van der Waals surface area contributed by atoms with E-state index in [4.69, 9.17) is 4.74 Å². The van der Waals surface area contributed by atoms with E-state index in [1.54, 1.807) is 6.07 Å². The zero-order chi connectivity index (χ0) is 15.2. The molecule has 0 aliphatic carbocycles. The third kappa shape index (κ3) is 2.05. The van der Waals surface area contributed by atoms with Crippen LogP contribution in [-0.2, 0) is 0 Å². The van der Waals surface area contributed by atoms with Crippen molar-refractivity contribution >= 4 is 11.4 Å². The fourth-order valence-electron chi connectivity index (χ4n) is 3.91. The maximum Gasteiger partial charge on any atom is 0.333 e. The molecule has 0 aromatic heterocycles. The van der Waals surface area contributed by atoms with Gasteiger partial charge in [0.25, 0.3) is 0 Å². The van der Waals surface area contributed by atoms with Crippen LogP contribution in [0.4, 0.5) is 11.4 Å². The molecule has 3 rings (SSSR count). The Bertz CT molecular complexity index is 573. The van der Waals surface area contributed by atoms with Crippen molar-refractivity contribution in [2.45, 2.75) is 19.4 Å². The first-order chi connectivity index (χ1) is 9.96. The first-order valence-corrected chi connectivity index (χ1v) is 7.26. The molecule has 114 valence electrons. The fraction of sp³-hybridized carbons (Fsp3) is 0.600. The fourth-order valence-corrected chi connectivity index (χ4v) is 3.91. The number of hydrogen-bond donors (Lipinski definition) is 1. The van der Waals surface area contributed by atoms with E-state index in [-0.39, 0.29) is 16.1 Å². The lowest BCUT2D eigenvalue weighted by Gasteiger charge is -2.37. The van der Waals surface area contributed by atoms with E-state index in [0.717, 1.165) is 19.6 Å². The predicted molar refractivity (Wildman–Crippen MR) is 80.9 cm³/mol. The van der Waals surface area contributed by atoms with Crippen LogP contribution in [0, 0.1) is 22.0 Å². The SMILES string of the molecule is COc1cccc(N2CC3CNCC3C2(C)C)c1[N+](=O)[O-]. The molecule has 1 aromatic carbocycles. The van der Waals surface area contributed by atoms with Crippen LogP contribution in [0.15, 0.2) is 18.2 Å². The van der Waals surface area contributed by atoms with E-state index >= 15 is 0 Å². The average Bonchev–Trinajstić information content (AvgIpc) is 3.00. The standard InChI is InChI=1S/C15H21N3O3/c1-15(2)11-8-16-7-10(11)9-17(15)12-5-4-6-13(21-3)14(12)18(19)20/h4-6,10-11,16H,7-9H2,1-3H3. The maximum atomic E-state index is 11.5. The molecule has 0 amide bonds. The van der Waals surface area contributed by atoms with Gasteiger partial charge in [-0.05, 0) is 37.8 Å². The smallest absolute Gasteiger partial charge is 0.333 e. The highest BCUT2D eigenvalue weighted by molar-refractivity contribution is 5.71. The average molecular weight is 291 g/mol. The van der Waals surface area contributed by atoms with E-state index in [0.29, 0.717) is 23.3 Å². The monoisotopic (exact) mass is 291 g/mol. The van der Waals surface area contributed by atoms with Crippen LogP contribution in [0.25, 0.3) is 0 Å². The van der Waals surface area contributed by atoms with Crippen molar-refractivity contribution in [3.05, 3.63) is 28.3 Å². The van der Waals surface area contributed by atoms with Gasteiger partial charge >= 0.3 is 5.69 Å². The molecule has 1 aromatic rings. The molecule has 2 aliphatic rings. The Kier molecular flexibility index (Phi) is 3.28. The molecule has 2 saturated heterocycles. The summed E-state index contributed by atoms with van der Waals surface area (Å²) in [6.45, 7) is 7.16. The number of nitrogens with one attached hydrogen (secondary N) is 1. The molecule has 0 spiro atoms. The summed E-state index contributed by atoms with van der Waals surface area (Å²) in [5, 5.41) is 14.9. The molecule has 2 aliphatic heterocycles. The van der Waals surface area contributed by atoms with Crippen molar-refractivity contribution in [2.75, 3.05) is 31.6 Å². The number of hydrogen-bond acceptors (Lipinski definition) is 5. The molecule has 1 N–H and O–H groups in total. The lowest BCUT2D eigenvalue weighted by molar-refractivity contribution is -0.385. The number of para-hydroxylation sites is 1. The number of anilines is 1. The molecule has 2 heterocycles. The van der Waals surface area contributed by atoms with Gasteiger partial charge in [0.1, 0.15) is 5.69 Å². The Morgan fingerprint density at radius 2 is 2.19 bits per heavy atom. The summed E-state index contributed by atoms with van der Waals surface area (Å²) in [7, 11) is 1.47. The summed E-state index contributed by atoms with van der Waals surface area (Å²) in [5.74, 6) is 1.39. The van der Waals surface area contributed by atoms with Crippen molar-refractivity contribution in [1.29, 1.82) is 0 Å². The molecule has 2 unspecified atom stereocenters. The van der Waals surface area contributed by atoms with Gasteiger partial charge in [-0.3, -0.25) is 10.1 Å². The highest BCUT2D eigenvalue weighted by Crippen LogP contribution is 2.47. The van der Waals surface area contributed by atoms with Gasteiger partial charge in [0.2, 0.25) is 0 Å². The zero-order valence-corrected chi connectivity index (χ0v) is 12.6. The summed E-state index contributed by atoms with van der Waals surface area (Å²) in [6.07, 6.45) is 0. The van der Waals surface area contributed by atoms with E-state index < -0.39 is 0 Å². The minimum atomic E-state index is -0.337. The zero-order valence-electron chi connectivity index (χ0n) is 12.6. The third-order valence-corrected chi connectivity index (χ3v) is 5.03. The summed E-state index contributed by atoms with van der Waals surface area (Å²) in [6, 6.07) is 5.30. The number of nitro groups is 1. The van der Waals surface area contributed by atoms with Crippen LogP contribution in [0.1, 0.15) is 13.8 Å². The highest BCUT2D eigenvalue weighted by Gasteiger charge is 2.51. The van der Waals surface area contributed by atoms with Crippen LogP contribution in [-0.4, -0.2) is 37.2 Å². The highest BCUT2D eigenvalue weighted by atomic mass is 16.6. The number of fused-ring (bicyclic) bond motifs is 1. The number of benzene rings is 1. The first-order valence-electron chi connectivity index (χ1n) is 7.26. The summed E-state index contributed by atoms with van der Waals surface area (Å²) < 4.78 is 5.19. The molecular weight excluding hydrogens is 270 g/mol. The van der Waals surface area contributed by atoms with Crippen LogP contribution >= 0.6 is 0 Å². The largest absolute Gasteiger partial charge is 0.490 e. The molecule has 6 heteroatoms. The normalized spacial score (nSPS) is 26.7. The second kappa shape index (κ2) is 4.87. The minimum absolute atomic E-state index is 0.0704. The van der Waals surface area contributed by atoms with Crippen molar-refractivity contribution in [1.82, 2.24) is 5.32 Å². The second-order valence-corrected chi connectivity index (χ2v) is 6.37. The van der Waals surface area contributed by atoms with E-state index in [1.165, 1.54) is 7.11 Å². The maximum absolute atomic E-state index is 11.5. The lowest BCUT2D eigenvalue weighted by Crippen LogP contribution is -2.44. The van der Waals surface area contributed by atoms with Crippen LogP contribution in [0.3, 0.4) is 0 Å². The van der Waals surface area contributed by atoms with Gasteiger partial charge in [0.05, 0.1) is 12.0 Å². The van der Waals surface area contributed by atoms with Gasteiger partial charge in [0, 0.05) is 25.2 Å². The van der Waals surface area contributed by atoms with Crippen LogP contribution in [0.2, 0.25) is 0 Å². The quantitative estimate of drug-likeness (QED) is 0.682. The topological polar surface area (TPSA) is 67.6 Å². The molecule has 2 atom stereocenters. The molecule has 21 heavy (non-hydrogen) atoms. The lowest BCUT2D eigenvalue weighted by atomic mass is 9.84. The van der Waals surface area contributed by atoms with E-state index in [1.807, 2.05) is 12.1 Å². The molecule has 0 saturated carbocycles. The van der Waals surface area contributed by atoms with Crippen molar-refractivity contribution < 1.29 is 9.66 Å². The third-order valence-electron chi connectivity index (χ3n) is 5.03. The van der Waals surface area contributed by atoms with Crippen molar-refractivity contribution in [3.63, 3.8) is 0 Å². The van der Waals surface area contributed by atoms with E-state index in [9.17, 15) is 10.1 Å². The summed E-state index contributed by atoms with van der Waals surface area (Å²) in [4.78, 5) is 13.3. The Labute approximate surface area is 124 Å². The summed E-state index contributed by atoms with van der Waals surface area (Å²) >= 11 is 0. The Morgan fingerprint density at radius 3 is 2.81 bits per heavy atom. The second-order valence-electron chi connectivity index (χ2n) is 6.37. The van der Waals surface area contributed by atoms with Crippen molar-refractivity contribution in [2.24, 2.45) is 11.8 Å². The van der Waals surface area contributed by atoms with Crippen molar-refractivity contribution in [3.8, 4) is 5.75 Å². The van der Waals surface area contributed by atoms with Gasteiger partial charge in [-0.2, -0.15) is 0 Å².